The summed E-state index contributed by atoms with van der Waals surface area (Å²) in [4.78, 5) is 2.59. The van der Waals surface area contributed by atoms with E-state index in [-0.39, 0.29) is 5.82 Å². The number of halogens is 1. The second kappa shape index (κ2) is 10.6. The Morgan fingerprint density at radius 3 is 2.32 bits per heavy atom. The SMILES string of the molecule is COc1ccc(CN(Cc2cccn2Cc2ccc(F)cc2)CC2CCCCC2)cc1. The second-order valence-corrected chi connectivity index (χ2v) is 8.78. The largest absolute Gasteiger partial charge is 0.497 e. The molecule has 2 aromatic carbocycles. The van der Waals surface area contributed by atoms with Gasteiger partial charge in [0.1, 0.15) is 11.6 Å². The van der Waals surface area contributed by atoms with Crippen molar-refractivity contribution in [1.82, 2.24) is 9.47 Å². The van der Waals surface area contributed by atoms with Gasteiger partial charge in [0.15, 0.2) is 0 Å². The molecule has 0 amide bonds. The number of methoxy groups -OCH3 is 1. The Bertz CT molecular complexity index is 927. The van der Waals surface area contributed by atoms with Gasteiger partial charge in [0.2, 0.25) is 0 Å². The van der Waals surface area contributed by atoms with Gasteiger partial charge >= 0.3 is 0 Å². The minimum atomic E-state index is -0.186. The molecule has 1 heterocycles. The third-order valence-electron chi connectivity index (χ3n) is 6.38. The zero-order valence-electron chi connectivity index (χ0n) is 18.5. The smallest absolute Gasteiger partial charge is 0.123 e. The Labute approximate surface area is 185 Å². The maximum Gasteiger partial charge on any atom is 0.123 e. The molecule has 164 valence electrons. The van der Waals surface area contributed by atoms with Crippen LogP contribution in [0.4, 0.5) is 4.39 Å². The lowest BCUT2D eigenvalue weighted by Gasteiger charge is -2.30. The van der Waals surface area contributed by atoms with E-state index in [2.05, 4.69) is 39.9 Å². The minimum absolute atomic E-state index is 0.186. The highest BCUT2D eigenvalue weighted by Crippen LogP contribution is 2.26. The molecule has 1 aliphatic rings. The van der Waals surface area contributed by atoms with Crippen LogP contribution in [0, 0.1) is 11.7 Å². The Hall–Kier alpha value is -2.59. The molecule has 3 nitrogen and oxygen atoms in total. The zero-order chi connectivity index (χ0) is 21.5. The van der Waals surface area contributed by atoms with E-state index in [1.54, 1.807) is 7.11 Å². The normalized spacial score (nSPS) is 14.8. The predicted molar refractivity (Wildman–Crippen MR) is 124 cm³/mol. The summed E-state index contributed by atoms with van der Waals surface area (Å²) in [6.45, 7) is 3.75. The van der Waals surface area contributed by atoms with E-state index < -0.39 is 0 Å². The van der Waals surface area contributed by atoms with Gasteiger partial charge < -0.3 is 9.30 Å². The minimum Gasteiger partial charge on any atom is -0.497 e. The highest BCUT2D eigenvalue weighted by molar-refractivity contribution is 5.27. The van der Waals surface area contributed by atoms with Crippen LogP contribution in [0.5, 0.6) is 5.75 Å². The first-order chi connectivity index (χ1) is 15.2. The fraction of sp³-hybridized carbons (Fsp3) is 0.407. The number of aromatic nitrogens is 1. The van der Waals surface area contributed by atoms with Gasteiger partial charge in [-0.15, -0.1) is 0 Å². The molecule has 0 radical (unpaired) electrons. The Balaban J connectivity index is 1.48. The molecule has 3 aromatic rings. The van der Waals surface area contributed by atoms with E-state index in [0.717, 1.165) is 43.4 Å². The van der Waals surface area contributed by atoms with Crippen LogP contribution in [0.3, 0.4) is 0 Å². The second-order valence-electron chi connectivity index (χ2n) is 8.78. The summed E-state index contributed by atoms with van der Waals surface area (Å²) in [6, 6.07) is 19.6. The molecule has 0 atom stereocenters. The maximum absolute atomic E-state index is 13.3. The van der Waals surface area contributed by atoms with Gasteiger partial charge in [-0.2, -0.15) is 0 Å². The molecule has 0 unspecified atom stereocenters. The highest BCUT2D eigenvalue weighted by atomic mass is 19.1. The molecule has 4 rings (SSSR count). The Kier molecular flexibility index (Phi) is 7.42. The monoisotopic (exact) mass is 420 g/mol. The third kappa shape index (κ3) is 6.20. The van der Waals surface area contributed by atoms with Crippen molar-refractivity contribution in [2.75, 3.05) is 13.7 Å². The van der Waals surface area contributed by atoms with E-state index >= 15 is 0 Å². The Morgan fingerprint density at radius 1 is 0.903 bits per heavy atom. The molecule has 4 heteroatoms. The van der Waals surface area contributed by atoms with Crippen LogP contribution < -0.4 is 4.74 Å². The number of benzene rings is 2. The van der Waals surface area contributed by atoms with Gasteiger partial charge in [-0.05, 0) is 66.3 Å². The molecule has 1 fully saturated rings. The summed E-state index contributed by atoms with van der Waals surface area (Å²) in [5, 5.41) is 0. The van der Waals surface area contributed by atoms with Crippen LogP contribution in [0.1, 0.15) is 48.9 Å². The predicted octanol–water partition coefficient (Wildman–Crippen LogP) is 6.27. The number of hydrogen-bond acceptors (Lipinski definition) is 2. The number of rotatable bonds is 9. The lowest BCUT2D eigenvalue weighted by molar-refractivity contribution is 0.183. The molecule has 31 heavy (non-hydrogen) atoms. The molecule has 0 bridgehead atoms. The third-order valence-corrected chi connectivity index (χ3v) is 6.38. The maximum atomic E-state index is 13.3. The number of nitrogens with zero attached hydrogens (tertiary/aromatic N) is 2. The topological polar surface area (TPSA) is 17.4 Å². The van der Waals surface area contributed by atoms with Gasteiger partial charge in [-0.1, -0.05) is 43.5 Å². The fourth-order valence-corrected chi connectivity index (χ4v) is 4.67. The highest BCUT2D eigenvalue weighted by Gasteiger charge is 2.19. The van der Waals surface area contributed by atoms with Gasteiger partial charge in [-0.3, -0.25) is 4.90 Å². The molecule has 1 aliphatic carbocycles. The molecule has 0 spiro atoms. The summed E-state index contributed by atoms with van der Waals surface area (Å²) in [5.74, 6) is 1.50. The molecular weight excluding hydrogens is 387 g/mol. The van der Waals surface area contributed by atoms with E-state index in [9.17, 15) is 4.39 Å². The van der Waals surface area contributed by atoms with Crippen LogP contribution in [-0.4, -0.2) is 23.1 Å². The molecule has 0 aliphatic heterocycles. The first kappa shape index (κ1) is 21.6. The van der Waals surface area contributed by atoms with Crippen molar-refractivity contribution in [2.24, 2.45) is 5.92 Å². The van der Waals surface area contributed by atoms with Crippen molar-refractivity contribution in [3.05, 3.63) is 89.5 Å². The summed E-state index contributed by atoms with van der Waals surface area (Å²) in [7, 11) is 1.71. The van der Waals surface area contributed by atoms with Crippen molar-refractivity contribution in [3.63, 3.8) is 0 Å². The van der Waals surface area contributed by atoms with E-state index in [1.807, 2.05) is 24.3 Å². The summed E-state index contributed by atoms with van der Waals surface area (Å²) >= 11 is 0. The van der Waals surface area contributed by atoms with Crippen LogP contribution in [0.2, 0.25) is 0 Å². The van der Waals surface area contributed by atoms with E-state index in [1.165, 1.54) is 55.5 Å². The first-order valence-electron chi connectivity index (χ1n) is 11.4. The number of ether oxygens (including phenoxy) is 1. The van der Waals surface area contributed by atoms with Crippen LogP contribution >= 0.6 is 0 Å². The number of hydrogen-bond donors (Lipinski definition) is 0. The van der Waals surface area contributed by atoms with Crippen molar-refractivity contribution >= 4 is 0 Å². The van der Waals surface area contributed by atoms with Gasteiger partial charge in [0.05, 0.1) is 7.11 Å². The summed E-state index contributed by atoms with van der Waals surface area (Å²) < 4.78 is 20.9. The molecule has 1 aromatic heterocycles. The van der Waals surface area contributed by atoms with Crippen molar-refractivity contribution in [2.45, 2.75) is 51.7 Å². The first-order valence-corrected chi connectivity index (χ1v) is 11.4. The van der Waals surface area contributed by atoms with Gasteiger partial charge in [-0.25, -0.2) is 4.39 Å². The van der Waals surface area contributed by atoms with Crippen LogP contribution in [-0.2, 0) is 19.6 Å². The average Bonchev–Trinajstić information content (AvgIpc) is 3.23. The quantitative estimate of drug-likeness (QED) is 0.406. The standard InChI is InChI=1S/C27H33FN2O/c1-31-27-15-11-23(12-16-27)19-29(18-22-6-3-2-4-7-22)21-26-8-5-17-30(26)20-24-9-13-25(28)14-10-24/h5,8-17,22H,2-4,6-7,18-21H2,1H3. The summed E-state index contributed by atoms with van der Waals surface area (Å²) in [5.41, 5.74) is 3.73. The van der Waals surface area contributed by atoms with Gasteiger partial charge in [0, 0.05) is 38.1 Å². The van der Waals surface area contributed by atoms with Crippen molar-refractivity contribution in [3.8, 4) is 5.75 Å². The Morgan fingerprint density at radius 2 is 1.61 bits per heavy atom. The molecule has 1 saturated carbocycles. The van der Waals surface area contributed by atoms with Gasteiger partial charge in [0.25, 0.3) is 0 Å². The molecule has 0 saturated heterocycles. The molecule has 0 N–H and O–H groups in total. The molecular formula is C27H33FN2O. The zero-order valence-corrected chi connectivity index (χ0v) is 18.5. The van der Waals surface area contributed by atoms with E-state index in [0.29, 0.717) is 0 Å². The van der Waals surface area contributed by atoms with Crippen LogP contribution in [0.15, 0.2) is 66.9 Å². The van der Waals surface area contributed by atoms with Crippen LogP contribution in [0.25, 0.3) is 0 Å². The average molecular weight is 421 g/mol. The lowest BCUT2D eigenvalue weighted by Crippen LogP contribution is -2.30. The lowest BCUT2D eigenvalue weighted by atomic mass is 9.89. The fourth-order valence-electron chi connectivity index (χ4n) is 4.67. The van der Waals surface area contributed by atoms with Crippen molar-refractivity contribution in [1.29, 1.82) is 0 Å². The summed E-state index contributed by atoms with van der Waals surface area (Å²) in [6.07, 6.45) is 8.93. The van der Waals surface area contributed by atoms with E-state index in [4.69, 9.17) is 4.74 Å². The van der Waals surface area contributed by atoms with Crippen molar-refractivity contribution < 1.29 is 9.13 Å².